The van der Waals surface area contributed by atoms with Crippen molar-refractivity contribution in [1.82, 2.24) is 25.5 Å². The molecule has 2 N–H and O–H groups in total. The smallest absolute Gasteiger partial charge is 0.403 e. The lowest BCUT2D eigenvalue weighted by molar-refractivity contribution is -0.220. The zero-order valence-electron chi connectivity index (χ0n) is 28.1. The van der Waals surface area contributed by atoms with Crippen LogP contribution in [0.5, 0.6) is 5.88 Å². The largest absolute Gasteiger partial charge is 0.477 e. The Morgan fingerprint density at radius 1 is 1.04 bits per heavy atom. The molecule has 4 heterocycles. The summed E-state index contributed by atoms with van der Waals surface area (Å²) < 4.78 is 43.9. The number of hydrogen-bond donors (Lipinski definition) is 2. The summed E-state index contributed by atoms with van der Waals surface area (Å²) in [5, 5.41) is 5.60. The van der Waals surface area contributed by atoms with Gasteiger partial charge in [0.25, 0.3) is 5.91 Å². The molecule has 0 aromatic carbocycles. The highest BCUT2D eigenvalue weighted by atomic mass is 19.4. The Morgan fingerprint density at radius 3 is 2.47 bits per heavy atom. The second kappa shape index (κ2) is 14.4. The van der Waals surface area contributed by atoms with Crippen molar-refractivity contribution in [3.8, 4) is 17.1 Å². The second-order valence-corrected chi connectivity index (χ2v) is 13.7. The lowest BCUT2D eigenvalue weighted by Crippen LogP contribution is -2.49. The van der Waals surface area contributed by atoms with E-state index in [0.717, 1.165) is 48.9 Å². The predicted octanol–water partition coefficient (Wildman–Crippen LogP) is 5.99. The minimum Gasteiger partial charge on any atom is -0.477 e. The number of ether oxygens (including phenoxy) is 1. The number of hydrogen-bond acceptors (Lipinski definition) is 7. The third kappa shape index (κ3) is 7.37. The average molecular weight is 659 g/mol. The van der Waals surface area contributed by atoms with Gasteiger partial charge < -0.3 is 25.2 Å². The number of alkyl halides is 3. The monoisotopic (exact) mass is 658 g/mol. The van der Waals surface area contributed by atoms with E-state index in [9.17, 15) is 22.8 Å². The van der Waals surface area contributed by atoms with Gasteiger partial charge in [-0.15, -0.1) is 0 Å². The summed E-state index contributed by atoms with van der Waals surface area (Å²) >= 11 is 0. The average Bonchev–Trinajstić information content (AvgIpc) is 3.83. The molecule has 6 rings (SSSR count). The molecule has 4 aliphatic rings. The van der Waals surface area contributed by atoms with E-state index < -0.39 is 17.5 Å². The molecule has 3 atom stereocenters. The molecule has 4 fully saturated rings. The molecule has 2 aliphatic heterocycles. The summed E-state index contributed by atoms with van der Waals surface area (Å²) in [4.78, 5) is 39.1. The molecule has 2 aromatic heterocycles. The Kier molecular flexibility index (Phi) is 10.7. The SMILES string of the molecule is CCNC(=O)C1(C(F)(F)F)CCCC1.CCOc1ncccc1-c1ccc(N2CCC3CCCC32)c(C(=O)NC2(C)CCN(C)C2)n1. The fourth-order valence-electron chi connectivity index (χ4n) is 7.95. The number of nitrogens with zero attached hydrogens (tertiary/aromatic N) is 4. The fourth-order valence-corrected chi connectivity index (χ4v) is 7.95. The standard InChI is InChI=1S/C26H35N5O2.C9H14F3NO/c1-4-33-25-19(8-6-14-27-25)20-10-11-22(31-15-12-18-7-5-9-21(18)31)23(28-20)24(32)29-26(2)13-16-30(3)17-26;1-2-13-7(14)8(9(10,11)12)5-3-4-6-8/h6,8,10-11,14,18,21H,4-5,7,9,12-13,15-17H2,1-3H3,(H,29,32);2-6H2,1H3,(H,13,14). The van der Waals surface area contributed by atoms with Crippen molar-refractivity contribution in [2.24, 2.45) is 11.3 Å². The Morgan fingerprint density at radius 2 is 1.81 bits per heavy atom. The topological polar surface area (TPSA) is 99.7 Å². The molecule has 2 aliphatic carbocycles. The van der Waals surface area contributed by atoms with Crippen LogP contribution in [0.25, 0.3) is 11.3 Å². The second-order valence-electron chi connectivity index (χ2n) is 13.7. The van der Waals surface area contributed by atoms with Crippen molar-refractivity contribution in [1.29, 1.82) is 0 Å². The highest BCUT2D eigenvalue weighted by molar-refractivity contribution is 5.99. The van der Waals surface area contributed by atoms with Crippen LogP contribution in [-0.2, 0) is 4.79 Å². The third-order valence-corrected chi connectivity index (χ3v) is 10.3. The van der Waals surface area contributed by atoms with Crippen LogP contribution >= 0.6 is 0 Å². The number of carbonyl (C=O) groups is 2. The Hall–Kier alpha value is -3.41. The summed E-state index contributed by atoms with van der Waals surface area (Å²) in [6.45, 7) is 9.30. The summed E-state index contributed by atoms with van der Waals surface area (Å²) in [7, 11) is 2.10. The van der Waals surface area contributed by atoms with Crippen LogP contribution < -0.4 is 20.3 Å². The molecule has 258 valence electrons. The lowest BCUT2D eigenvalue weighted by Gasteiger charge is -2.30. The molecule has 2 saturated heterocycles. The summed E-state index contributed by atoms with van der Waals surface area (Å²) in [5.74, 6) is 0.343. The van der Waals surface area contributed by atoms with Gasteiger partial charge in [0.1, 0.15) is 5.41 Å². The van der Waals surface area contributed by atoms with E-state index in [4.69, 9.17) is 9.72 Å². The molecule has 0 spiro atoms. The highest BCUT2D eigenvalue weighted by Crippen LogP contribution is 2.50. The van der Waals surface area contributed by atoms with Crippen LogP contribution in [0.2, 0.25) is 0 Å². The van der Waals surface area contributed by atoms with Gasteiger partial charge in [0.15, 0.2) is 5.69 Å². The van der Waals surface area contributed by atoms with Gasteiger partial charge in [-0.1, -0.05) is 19.3 Å². The first kappa shape index (κ1) is 34.9. The highest BCUT2D eigenvalue weighted by Gasteiger charge is 2.60. The molecule has 0 bridgehead atoms. The minimum absolute atomic E-state index is 0.0671. The number of pyridine rings is 2. The number of nitrogens with one attached hydrogen (secondary N) is 2. The number of likely N-dealkylation sites (tertiary alicyclic amines) is 1. The van der Waals surface area contributed by atoms with E-state index in [1.807, 2.05) is 25.1 Å². The molecule has 12 heteroatoms. The normalized spacial score (nSPS) is 25.2. The maximum absolute atomic E-state index is 13.7. The van der Waals surface area contributed by atoms with Gasteiger partial charge in [0.2, 0.25) is 11.8 Å². The maximum Gasteiger partial charge on any atom is 0.403 e. The number of amides is 2. The van der Waals surface area contributed by atoms with Crippen LogP contribution in [0.3, 0.4) is 0 Å². The van der Waals surface area contributed by atoms with Gasteiger partial charge in [0.05, 0.1) is 29.1 Å². The zero-order chi connectivity index (χ0) is 33.8. The van der Waals surface area contributed by atoms with Crippen LogP contribution in [0.4, 0.5) is 18.9 Å². The molecule has 9 nitrogen and oxygen atoms in total. The quantitative estimate of drug-likeness (QED) is 0.360. The molecule has 2 aromatic rings. The van der Waals surface area contributed by atoms with E-state index in [1.54, 1.807) is 13.1 Å². The molecular formula is C35H49F3N6O3. The first-order valence-corrected chi connectivity index (χ1v) is 17.1. The minimum atomic E-state index is -4.41. The van der Waals surface area contributed by atoms with E-state index >= 15 is 0 Å². The van der Waals surface area contributed by atoms with Crippen LogP contribution in [-0.4, -0.2) is 84.3 Å². The third-order valence-electron chi connectivity index (χ3n) is 10.3. The van der Waals surface area contributed by atoms with Crippen molar-refractivity contribution < 1.29 is 27.5 Å². The first-order valence-electron chi connectivity index (χ1n) is 17.1. The number of carbonyl (C=O) groups excluding carboxylic acids is 2. The van der Waals surface area contributed by atoms with Crippen LogP contribution in [0.1, 0.15) is 89.0 Å². The number of likely N-dealkylation sites (N-methyl/N-ethyl adjacent to an activating group) is 1. The number of anilines is 1. The number of halogens is 3. The van der Waals surface area contributed by atoms with Crippen molar-refractivity contribution in [2.45, 2.75) is 96.3 Å². The zero-order valence-corrected chi connectivity index (χ0v) is 28.1. The lowest BCUT2D eigenvalue weighted by atomic mass is 9.84. The fraction of sp³-hybridized carbons (Fsp3) is 0.657. The summed E-state index contributed by atoms with van der Waals surface area (Å²) in [5.41, 5.74) is 0.656. The van der Waals surface area contributed by atoms with Gasteiger partial charge in [-0.2, -0.15) is 13.2 Å². The molecule has 2 amide bonds. The molecule has 47 heavy (non-hydrogen) atoms. The van der Waals surface area contributed by atoms with Crippen molar-refractivity contribution in [3.63, 3.8) is 0 Å². The van der Waals surface area contributed by atoms with Gasteiger partial charge in [-0.05, 0) is 96.5 Å². The Bertz CT molecular complexity index is 1420. The number of fused-ring (bicyclic) bond motifs is 1. The van der Waals surface area contributed by atoms with Gasteiger partial charge >= 0.3 is 6.18 Å². The summed E-state index contributed by atoms with van der Waals surface area (Å²) in [6, 6.07) is 8.46. The Labute approximate surface area is 276 Å². The van der Waals surface area contributed by atoms with E-state index in [-0.39, 0.29) is 30.8 Å². The van der Waals surface area contributed by atoms with Gasteiger partial charge in [-0.3, -0.25) is 9.59 Å². The number of aromatic nitrogens is 2. The van der Waals surface area contributed by atoms with Crippen LogP contribution in [0.15, 0.2) is 30.5 Å². The van der Waals surface area contributed by atoms with Crippen molar-refractivity contribution in [2.75, 3.05) is 44.7 Å². The molecular weight excluding hydrogens is 609 g/mol. The molecule has 3 unspecified atom stereocenters. The number of rotatable bonds is 8. The van der Waals surface area contributed by atoms with E-state index in [1.165, 1.54) is 25.7 Å². The maximum atomic E-state index is 13.7. The molecule has 2 saturated carbocycles. The summed E-state index contributed by atoms with van der Waals surface area (Å²) in [6.07, 6.45) is 4.05. The molecule has 0 radical (unpaired) electrons. The van der Waals surface area contributed by atoms with Crippen LogP contribution in [0, 0.1) is 11.3 Å². The van der Waals surface area contributed by atoms with Gasteiger partial charge in [0, 0.05) is 38.4 Å². The first-order chi connectivity index (χ1) is 22.4. The van der Waals surface area contributed by atoms with Crippen molar-refractivity contribution in [3.05, 3.63) is 36.2 Å². The van der Waals surface area contributed by atoms with E-state index in [0.29, 0.717) is 37.1 Å². The predicted molar refractivity (Wildman–Crippen MR) is 175 cm³/mol. The van der Waals surface area contributed by atoms with Crippen molar-refractivity contribution >= 4 is 17.5 Å². The van der Waals surface area contributed by atoms with E-state index in [2.05, 4.69) is 45.5 Å². The van der Waals surface area contributed by atoms with Gasteiger partial charge in [-0.25, -0.2) is 9.97 Å². The Balaban J connectivity index is 0.000000261.